The van der Waals surface area contributed by atoms with Crippen molar-refractivity contribution in [1.82, 2.24) is 20.4 Å². The molecule has 0 aliphatic carbocycles. The Morgan fingerprint density at radius 2 is 1.69 bits per heavy atom. The van der Waals surface area contributed by atoms with Gasteiger partial charge in [-0.25, -0.2) is 9.48 Å². The topological polar surface area (TPSA) is 112 Å². The molecule has 9 nitrogen and oxygen atoms in total. The monoisotopic (exact) mass is 504 g/mol. The molecule has 0 saturated carbocycles. The zero-order chi connectivity index (χ0) is 26.3. The van der Waals surface area contributed by atoms with Crippen LogP contribution in [-0.4, -0.2) is 53.9 Å². The number of amides is 2. The number of halogens is 3. The highest BCUT2D eigenvalue weighted by atomic mass is 19.4. The lowest BCUT2D eigenvalue weighted by Crippen LogP contribution is -2.49. The Bertz CT molecular complexity index is 1210. The summed E-state index contributed by atoms with van der Waals surface area (Å²) in [7, 11) is 1.05. The van der Waals surface area contributed by atoms with Crippen LogP contribution in [-0.2, 0) is 15.7 Å². The summed E-state index contributed by atoms with van der Waals surface area (Å²) in [5, 5.41) is 8.17. The fourth-order valence-corrected chi connectivity index (χ4v) is 3.20. The van der Waals surface area contributed by atoms with Crippen molar-refractivity contribution in [2.24, 2.45) is 0 Å². The van der Waals surface area contributed by atoms with Gasteiger partial charge in [-0.15, -0.1) is 0 Å². The van der Waals surface area contributed by atoms with Gasteiger partial charge < -0.3 is 20.1 Å². The highest BCUT2D eigenvalue weighted by molar-refractivity contribution is 5.98. The third-order valence-electron chi connectivity index (χ3n) is 4.93. The van der Waals surface area contributed by atoms with Crippen molar-refractivity contribution >= 4 is 17.8 Å². The Balaban J connectivity index is 1.77. The van der Waals surface area contributed by atoms with Crippen LogP contribution in [0.2, 0.25) is 0 Å². The van der Waals surface area contributed by atoms with Gasteiger partial charge in [-0.05, 0) is 43.3 Å². The van der Waals surface area contributed by atoms with Crippen molar-refractivity contribution in [2.45, 2.75) is 19.1 Å². The lowest BCUT2D eigenvalue weighted by atomic mass is 10.2. The molecule has 12 heteroatoms. The first-order valence-corrected chi connectivity index (χ1v) is 10.8. The van der Waals surface area contributed by atoms with Gasteiger partial charge in [0.15, 0.2) is 5.69 Å². The summed E-state index contributed by atoms with van der Waals surface area (Å²) in [5.74, 6) is -2.19. The Hall–Kier alpha value is -4.35. The second kappa shape index (κ2) is 11.4. The van der Waals surface area contributed by atoms with Crippen LogP contribution in [0.1, 0.15) is 33.3 Å². The molecule has 3 aromatic rings. The van der Waals surface area contributed by atoms with Gasteiger partial charge in [-0.3, -0.25) is 9.59 Å². The van der Waals surface area contributed by atoms with E-state index < -0.39 is 47.8 Å². The first-order chi connectivity index (χ1) is 17.1. The SMILES string of the molecule is CCOc1ccc(C(=O)NC[C@@H](NC(=O)c2cn(-c3ccccc3)nc2C(F)(F)F)C(=O)OC)cc1. The predicted molar refractivity (Wildman–Crippen MR) is 122 cm³/mol. The smallest absolute Gasteiger partial charge is 0.435 e. The van der Waals surface area contributed by atoms with Crippen LogP contribution in [0, 0.1) is 0 Å². The number of carbonyl (C=O) groups excluding carboxylic acids is 3. The number of nitrogens with zero attached hydrogens (tertiary/aromatic N) is 2. The van der Waals surface area contributed by atoms with Crippen LogP contribution in [0.5, 0.6) is 5.75 Å². The maximum Gasteiger partial charge on any atom is 0.435 e. The largest absolute Gasteiger partial charge is 0.494 e. The van der Waals surface area contributed by atoms with Crippen molar-refractivity contribution in [3.63, 3.8) is 0 Å². The van der Waals surface area contributed by atoms with Crippen molar-refractivity contribution in [2.75, 3.05) is 20.3 Å². The summed E-state index contributed by atoms with van der Waals surface area (Å²) in [5.41, 5.74) is -1.67. The average Bonchev–Trinajstić information content (AvgIpc) is 3.33. The molecule has 1 aromatic heterocycles. The molecule has 2 amide bonds. The molecule has 2 N–H and O–H groups in total. The van der Waals surface area contributed by atoms with Crippen LogP contribution in [0.15, 0.2) is 60.8 Å². The normalized spacial score (nSPS) is 11.9. The molecule has 1 atom stereocenters. The Morgan fingerprint density at radius 1 is 1.03 bits per heavy atom. The fraction of sp³-hybridized carbons (Fsp3) is 0.250. The first kappa shape index (κ1) is 26.3. The van der Waals surface area contributed by atoms with E-state index in [1.54, 1.807) is 30.3 Å². The molecular formula is C24H23F3N4O5. The van der Waals surface area contributed by atoms with E-state index in [-0.39, 0.29) is 5.56 Å². The van der Waals surface area contributed by atoms with Crippen LogP contribution in [0.3, 0.4) is 0 Å². The van der Waals surface area contributed by atoms with E-state index in [0.717, 1.165) is 18.0 Å². The molecule has 0 fully saturated rings. The third-order valence-corrected chi connectivity index (χ3v) is 4.93. The van der Waals surface area contributed by atoms with Gasteiger partial charge in [0.25, 0.3) is 11.8 Å². The van der Waals surface area contributed by atoms with E-state index in [2.05, 4.69) is 20.5 Å². The maximum absolute atomic E-state index is 13.6. The minimum absolute atomic E-state index is 0.247. The number of hydrogen-bond acceptors (Lipinski definition) is 6. The molecule has 0 spiro atoms. The van der Waals surface area contributed by atoms with Gasteiger partial charge in [0.2, 0.25) is 0 Å². The molecule has 36 heavy (non-hydrogen) atoms. The highest BCUT2D eigenvalue weighted by Gasteiger charge is 2.40. The fourth-order valence-electron chi connectivity index (χ4n) is 3.20. The number of para-hydroxylation sites is 1. The number of benzene rings is 2. The summed E-state index contributed by atoms with van der Waals surface area (Å²) in [6, 6.07) is 12.6. The van der Waals surface area contributed by atoms with E-state index in [9.17, 15) is 27.6 Å². The highest BCUT2D eigenvalue weighted by Crippen LogP contribution is 2.31. The quantitative estimate of drug-likeness (QED) is 0.434. The van der Waals surface area contributed by atoms with Crippen LogP contribution in [0.25, 0.3) is 5.69 Å². The Kier molecular flexibility index (Phi) is 8.30. The molecule has 0 bridgehead atoms. The van der Waals surface area contributed by atoms with Gasteiger partial charge in [-0.2, -0.15) is 18.3 Å². The zero-order valence-corrected chi connectivity index (χ0v) is 19.3. The summed E-state index contributed by atoms with van der Waals surface area (Å²) in [6.45, 7) is 1.83. The standard InChI is InChI=1S/C24H23F3N4O5/c1-3-36-17-11-9-15(10-12-17)21(32)28-13-19(23(34)35-2)29-22(33)18-14-31(16-7-5-4-6-8-16)30-20(18)24(25,26)27/h4-12,14,19H,3,13H2,1-2H3,(H,28,32)(H,29,33)/t19-/m1/s1. The zero-order valence-electron chi connectivity index (χ0n) is 19.3. The lowest BCUT2D eigenvalue weighted by Gasteiger charge is -2.17. The number of methoxy groups -OCH3 is 1. The molecule has 1 heterocycles. The maximum atomic E-state index is 13.6. The molecule has 3 rings (SSSR count). The van der Waals surface area contributed by atoms with Gasteiger partial charge in [0.05, 0.1) is 25.0 Å². The number of ether oxygens (including phenoxy) is 2. The van der Waals surface area contributed by atoms with Crippen molar-refractivity contribution in [1.29, 1.82) is 0 Å². The molecule has 0 aliphatic heterocycles. The number of nitrogens with one attached hydrogen (secondary N) is 2. The number of esters is 1. The van der Waals surface area contributed by atoms with Crippen LogP contribution in [0.4, 0.5) is 13.2 Å². The minimum atomic E-state index is -4.94. The molecule has 0 saturated heterocycles. The van der Waals surface area contributed by atoms with Crippen molar-refractivity contribution in [3.8, 4) is 11.4 Å². The van der Waals surface area contributed by atoms with E-state index in [0.29, 0.717) is 18.0 Å². The second-order valence-electron chi connectivity index (χ2n) is 7.39. The second-order valence-corrected chi connectivity index (χ2v) is 7.39. The molecule has 2 aromatic carbocycles. The minimum Gasteiger partial charge on any atom is -0.494 e. The van der Waals surface area contributed by atoms with E-state index in [1.807, 2.05) is 6.92 Å². The average molecular weight is 504 g/mol. The van der Waals surface area contributed by atoms with Crippen LogP contribution >= 0.6 is 0 Å². The van der Waals surface area contributed by atoms with Gasteiger partial charge >= 0.3 is 12.1 Å². The van der Waals surface area contributed by atoms with Gasteiger partial charge in [0, 0.05) is 18.3 Å². The molecule has 0 unspecified atom stereocenters. The predicted octanol–water partition coefficient (Wildman–Crippen LogP) is 2.99. The first-order valence-electron chi connectivity index (χ1n) is 10.8. The molecule has 0 aliphatic rings. The van der Waals surface area contributed by atoms with Crippen molar-refractivity contribution in [3.05, 3.63) is 77.6 Å². The van der Waals surface area contributed by atoms with Gasteiger partial charge in [0.1, 0.15) is 11.8 Å². The molecular weight excluding hydrogens is 481 g/mol. The molecule has 190 valence electrons. The van der Waals surface area contributed by atoms with Crippen LogP contribution < -0.4 is 15.4 Å². The molecule has 0 radical (unpaired) electrons. The number of rotatable bonds is 9. The van der Waals surface area contributed by atoms with E-state index >= 15 is 0 Å². The van der Waals surface area contributed by atoms with Gasteiger partial charge in [-0.1, -0.05) is 18.2 Å². The van der Waals surface area contributed by atoms with E-state index in [1.165, 1.54) is 24.3 Å². The number of hydrogen-bond donors (Lipinski definition) is 2. The summed E-state index contributed by atoms with van der Waals surface area (Å²) < 4.78 is 51.7. The number of alkyl halides is 3. The van der Waals surface area contributed by atoms with Crippen molar-refractivity contribution < 1.29 is 37.0 Å². The third kappa shape index (κ3) is 6.40. The summed E-state index contributed by atoms with van der Waals surface area (Å²) in [6.07, 6.45) is -4.02. The number of carbonyl (C=O) groups is 3. The Morgan fingerprint density at radius 3 is 2.28 bits per heavy atom. The lowest BCUT2D eigenvalue weighted by molar-refractivity contribution is -0.142. The summed E-state index contributed by atoms with van der Waals surface area (Å²) in [4.78, 5) is 37.5. The van der Waals surface area contributed by atoms with E-state index in [4.69, 9.17) is 4.74 Å². The Labute approximate surface area is 204 Å². The summed E-state index contributed by atoms with van der Waals surface area (Å²) >= 11 is 0. The number of aromatic nitrogens is 2.